The predicted octanol–water partition coefficient (Wildman–Crippen LogP) is 5.39. The fourth-order valence-electron chi connectivity index (χ4n) is 2.56. The molecule has 0 spiro atoms. The van der Waals surface area contributed by atoms with Gasteiger partial charge in [-0.1, -0.05) is 13.2 Å². The Morgan fingerprint density at radius 3 is 0.978 bits per heavy atom. The average molecular weight is 714 g/mol. The van der Waals surface area contributed by atoms with Crippen molar-refractivity contribution in [3.63, 3.8) is 0 Å². The van der Waals surface area contributed by atoms with E-state index >= 15 is 0 Å². The molecule has 0 aliphatic carbocycles. The van der Waals surface area contributed by atoms with Gasteiger partial charge in [0.1, 0.15) is 13.2 Å². The van der Waals surface area contributed by atoms with Gasteiger partial charge in [-0.3, -0.25) is 0 Å². The number of halogens is 16. The largest absolute Gasteiger partial charge is 0.463 e. The average Bonchev–Trinajstić information content (AvgIpc) is 2.95. The first kappa shape index (κ1) is 42.2. The van der Waals surface area contributed by atoms with Gasteiger partial charge in [0.2, 0.25) is 0 Å². The minimum Gasteiger partial charge on any atom is -0.463 e. The van der Waals surface area contributed by atoms with Gasteiger partial charge in [0.25, 0.3) is 0 Å². The maximum Gasteiger partial charge on any atom is 0.410 e. The molecule has 0 bridgehead atoms. The maximum absolute atomic E-state index is 14.0. The van der Waals surface area contributed by atoms with Crippen molar-refractivity contribution in [1.29, 1.82) is 0 Å². The van der Waals surface area contributed by atoms with Crippen LogP contribution in [0, 0.1) is 0 Å². The topological polar surface area (TPSA) is 105 Å². The second-order valence-electron chi connectivity index (χ2n) is 8.32. The first-order valence-electron chi connectivity index (χ1n) is 11.5. The molecule has 0 rings (SSSR count). The second-order valence-corrected chi connectivity index (χ2v) is 8.32. The first-order valence-corrected chi connectivity index (χ1v) is 11.5. The summed E-state index contributed by atoms with van der Waals surface area (Å²) in [4.78, 5) is 43.9. The van der Waals surface area contributed by atoms with Crippen LogP contribution in [0.15, 0.2) is 25.3 Å². The number of rotatable bonds is 19. The summed E-state index contributed by atoms with van der Waals surface area (Å²) < 4.78 is 238. The molecule has 0 aromatic rings. The molecule has 0 saturated heterocycles. The zero-order valence-corrected chi connectivity index (χ0v) is 22.1. The van der Waals surface area contributed by atoms with Crippen LogP contribution >= 0.6 is 0 Å². The molecule has 0 aliphatic rings. The third kappa shape index (κ3) is 7.44. The fourth-order valence-corrected chi connectivity index (χ4v) is 2.56. The zero-order valence-electron chi connectivity index (χ0n) is 22.1. The van der Waals surface area contributed by atoms with E-state index in [0.717, 1.165) is 0 Å². The van der Waals surface area contributed by atoms with E-state index in [2.05, 4.69) is 32.1 Å². The van der Waals surface area contributed by atoms with Crippen molar-refractivity contribution in [2.24, 2.45) is 0 Å². The van der Waals surface area contributed by atoms with Crippen molar-refractivity contribution in [3.8, 4) is 0 Å². The Morgan fingerprint density at radius 1 is 0.413 bits per heavy atom. The standard InChI is InChI=1S/C22H18F16O8/c1-3-11(39)43-7-5-6-8-45-13(41)15(23,24)17(27,28)19(31,32)21(35,36)22(37,38)20(33,34)18(29,30)16(25,26)14(42)46-10-9-44-12(40)4-2/h3-4H,1-2,5-10H2. The van der Waals surface area contributed by atoms with Crippen LogP contribution in [-0.4, -0.2) is 97.7 Å². The number of hydrogen-bond donors (Lipinski definition) is 0. The van der Waals surface area contributed by atoms with Gasteiger partial charge in [0, 0.05) is 12.2 Å². The Bertz CT molecular complexity index is 1150. The second kappa shape index (κ2) is 14.3. The van der Waals surface area contributed by atoms with Crippen molar-refractivity contribution in [1.82, 2.24) is 0 Å². The lowest BCUT2D eigenvalue weighted by Gasteiger charge is -2.42. The van der Waals surface area contributed by atoms with Crippen LogP contribution in [0.3, 0.4) is 0 Å². The minimum atomic E-state index is -8.86. The van der Waals surface area contributed by atoms with Gasteiger partial charge < -0.3 is 18.9 Å². The van der Waals surface area contributed by atoms with Crippen molar-refractivity contribution < 1.29 is 108 Å². The normalized spacial score (nSPS) is 13.8. The quantitative estimate of drug-likeness (QED) is 0.0577. The maximum atomic E-state index is 14.0. The van der Waals surface area contributed by atoms with Gasteiger partial charge in [-0.05, 0) is 12.8 Å². The van der Waals surface area contributed by atoms with Gasteiger partial charge in [0.15, 0.2) is 0 Å². The molecule has 0 fully saturated rings. The lowest BCUT2D eigenvalue weighted by molar-refractivity contribution is -0.449. The van der Waals surface area contributed by atoms with Crippen LogP contribution in [0.2, 0.25) is 0 Å². The van der Waals surface area contributed by atoms with Crippen LogP contribution in [0.25, 0.3) is 0 Å². The number of hydrogen-bond acceptors (Lipinski definition) is 8. The Labute approximate surface area is 245 Å². The molecule has 0 heterocycles. The zero-order chi connectivity index (χ0) is 36.8. The van der Waals surface area contributed by atoms with E-state index in [1.54, 1.807) is 0 Å². The molecule has 0 saturated carbocycles. The Kier molecular flexibility index (Phi) is 13.2. The van der Waals surface area contributed by atoms with Gasteiger partial charge in [-0.25, -0.2) is 19.2 Å². The lowest BCUT2D eigenvalue weighted by Crippen LogP contribution is -2.75. The molecular formula is C22H18F16O8. The number of carbonyl (C=O) groups excluding carboxylic acids is 4. The number of esters is 4. The third-order valence-corrected chi connectivity index (χ3v) is 5.18. The molecule has 46 heavy (non-hydrogen) atoms. The number of alkyl halides is 16. The molecular weight excluding hydrogens is 696 g/mol. The van der Waals surface area contributed by atoms with Crippen LogP contribution in [-0.2, 0) is 38.1 Å². The summed E-state index contributed by atoms with van der Waals surface area (Å²) in [6.07, 6.45) is -0.118. The lowest BCUT2D eigenvalue weighted by atomic mass is 9.87. The molecule has 0 N–H and O–H groups in total. The van der Waals surface area contributed by atoms with E-state index in [0.29, 0.717) is 12.2 Å². The summed E-state index contributed by atoms with van der Waals surface area (Å²) >= 11 is 0. The van der Waals surface area contributed by atoms with E-state index in [4.69, 9.17) is 0 Å². The molecule has 0 radical (unpaired) electrons. The van der Waals surface area contributed by atoms with Gasteiger partial charge in [0.05, 0.1) is 13.2 Å². The molecule has 266 valence electrons. The summed E-state index contributed by atoms with van der Waals surface area (Å²) in [6.45, 7) is 0.663. The predicted molar refractivity (Wildman–Crippen MR) is 113 cm³/mol. The molecule has 0 amide bonds. The minimum absolute atomic E-state index is 0.389. The van der Waals surface area contributed by atoms with E-state index in [-0.39, 0.29) is 0 Å². The highest BCUT2D eigenvalue weighted by Gasteiger charge is 2.96. The summed E-state index contributed by atoms with van der Waals surface area (Å²) in [7, 11) is 0. The van der Waals surface area contributed by atoms with Crippen molar-refractivity contribution in [2.45, 2.75) is 60.2 Å². The van der Waals surface area contributed by atoms with Gasteiger partial charge >= 0.3 is 71.3 Å². The molecule has 8 nitrogen and oxygen atoms in total. The fraction of sp³-hybridized carbons (Fsp3) is 0.636. The van der Waals surface area contributed by atoms with Crippen molar-refractivity contribution in [3.05, 3.63) is 25.3 Å². The highest BCUT2D eigenvalue weighted by atomic mass is 19.4. The molecule has 24 heteroatoms. The number of ether oxygens (including phenoxy) is 4. The summed E-state index contributed by atoms with van der Waals surface area (Å²) in [5.41, 5.74) is 0. The van der Waals surface area contributed by atoms with Crippen molar-refractivity contribution in [2.75, 3.05) is 26.4 Å². The van der Waals surface area contributed by atoms with E-state index in [1.165, 1.54) is 0 Å². The van der Waals surface area contributed by atoms with Crippen LogP contribution in [0.4, 0.5) is 70.2 Å². The summed E-state index contributed by atoms with van der Waals surface area (Å²) in [5, 5.41) is 0. The van der Waals surface area contributed by atoms with E-state index in [1.807, 2.05) is 0 Å². The number of carbonyl (C=O) groups is 4. The molecule has 0 atom stereocenters. The molecule has 0 aliphatic heterocycles. The monoisotopic (exact) mass is 714 g/mol. The van der Waals surface area contributed by atoms with Gasteiger partial charge in [-0.15, -0.1) is 0 Å². The SMILES string of the molecule is C=CC(=O)OCCCCOC(=O)C(F)(F)C(F)(F)C(F)(F)C(F)(F)C(F)(F)C(F)(F)C(F)(F)C(F)(F)C(=O)OCCOC(=O)C=C. The molecule has 0 unspecified atom stereocenters. The summed E-state index contributed by atoms with van der Waals surface area (Å²) in [6, 6.07) is 0. The van der Waals surface area contributed by atoms with Crippen LogP contribution in [0.5, 0.6) is 0 Å². The van der Waals surface area contributed by atoms with Gasteiger partial charge in [-0.2, -0.15) is 70.2 Å². The highest BCUT2D eigenvalue weighted by Crippen LogP contribution is 2.64. The molecule has 0 aromatic heterocycles. The smallest absolute Gasteiger partial charge is 0.410 e. The third-order valence-electron chi connectivity index (χ3n) is 5.18. The highest BCUT2D eigenvalue weighted by molar-refractivity contribution is 5.82. The van der Waals surface area contributed by atoms with Crippen LogP contribution in [0.1, 0.15) is 12.8 Å². The first-order chi connectivity index (χ1) is 20.5. The Hall–Kier alpha value is -3.76. The molecule has 0 aromatic carbocycles. The Balaban J connectivity index is 6.21. The van der Waals surface area contributed by atoms with E-state index in [9.17, 15) is 89.4 Å². The van der Waals surface area contributed by atoms with Crippen LogP contribution < -0.4 is 0 Å². The number of unbranched alkanes of at least 4 members (excludes halogenated alkanes) is 1. The van der Waals surface area contributed by atoms with Crippen molar-refractivity contribution >= 4 is 23.9 Å². The van der Waals surface area contributed by atoms with E-state index < -0.39 is 111 Å². The Morgan fingerprint density at radius 2 is 0.652 bits per heavy atom. The summed E-state index contributed by atoms with van der Waals surface area (Å²) in [5.74, 6) is -76.5.